The van der Waals surface area contributed by atoms with Crippen LogP contribution in [0.2, 0.25) is 0 Å². The third-order valence-electron chi connectivity index (χ3n) is 5.35. The number of carbonyl (C=O) groups excluding carboxylic acids is 1. The van der Waals surface area contributed by atoms with Gasteiger partial charge in [0.25, 0.3) is 6.43 Å². The Kier molecular flexibility index (Phi) is 15.3. The fraction of sp³-hybridized carbons (Fsp3) is 0.423. The molecule has 0 bridgehead atoms. The molecule has 6 nitrogen and oxygen atoms in total. The van der Waals surface area contributed by atoms with Crippen molar-refractivity contribution in [3.8, 4) is 0 Å². The number of halogens is 6. The van der Waals surface area contributed by atoms with E-state index in [-0.39, 0.29) is 30.5 Å². The molecule has 13 heteroatoms. The summed E-state index contributed by atoms with van der Waals surface area (Å²) < 4.78 is 76.4. The number of nitrogens with one attached hydrogen (secondary N) is 2. The van der Waals surface area contributed by atoms with Crippen molar-refractivity contribution in [1.29, 1.82) is 0 Å². The van der Waals surface area contributed by atoms with E-state index in [4.69, 9.17) is 5.73 Å². The molecule has 218 valence electrons. The van der Waals surface area contributed by atoms with Crippen LogP contribution in [0.5, 0.6) is 0 Å². The molecule has 2 aromatic carbocycles. The van der Waals surface area contributed by atoms with Crippen LogP contribution in [0.4, 0.5) is 26.3 Å². The molecular weight excluding hydrogens is 544 g/mol. The number of rotatable bonds is 8. The van der Waals surface area contributed by atoms with Crippen LogP contribution in [0, 0.1) is 17.5 Å². The number of carbonyl (C=O) groups is 1. The highest BCUT2D eigenvalue weighted by molar-refractivity contribution is 7.97. The van der Waals surface area contributed by atoms with Crippen molar-refractivity contribution in [3.05, 3.63) is 77.0 Å². The normalized spacial score (nSPS) is 15.0. The second-order valence-corrected chi connectivity index (χ2v) is 9.29. The number of nitrogens with zero attached hydrogens (tertiary/aromatic N) is 2. The van der Waals surface area contributed by atoms with Crippen molar-refractivity contribution < 1.29 is 31.1 Å². The molecule has 0 aliphatic carbocycles. The third kappa shape index (κ3) is 11.7. The highest BCUT2D eigenvalue weighted by Crippen LogP contribution is 2.21. The quantitative estimate of drug-likeness (QED) is 0.240. The van der Waals surface area contributed by atoms with E-state index in [9.17, 15) is 31.1 Å². The van der Waals surface area contributed by atoms with Gasteiger partial charge in [-0.25, -0.2) is 22.0 Å². The lowest BCUT2D eigenvalue weighted by atomic mass is 10.1. The number of alkyl halides is 3. The van der Waals surface area contributed by atoms with Crippen LogP contribution in [-0.2, 0) is 11.2 Å². The van der Waals surface area contributed by atoms with Crippen LogP contribution in [-0.4, -0.2) is 68.6 Å². The molecule has 3 rings (SSSR count). The van der Waals surface area contributed by atoms with Crippen LogP contribution in [0.1, 0.15) is 19.4 Å². The van der Waals surface area contributed by atoms with Gasteiger partial charge in [0.1, 0.15) is 11.6 Å². The van der Waals surface area contributed by atoms with Crippen molar-refractivity contribution >= 4 is 17.9 Å². The van der Waals surface area contributed by atoms with E-state index in [0.29, 0.717) is 44.4 Å². The van der Waals surface area contributed by atoms with Gasteiger partial charge in [0, 0.05) is 44.1 Å². The van der Waals surface area contributed by atoms with Crippen molar-refractivity contribution in [2.75, 3.05) is 40.4 Å². The number of hydrogen-bond donors (Lipinski definition) is 3. The van der Waals surface area contributed by atoms with Gasteiger partial charge in [-0.1, -0.05) is 18.2 Å². The maximum atomic E-state index is 12.9. The average molecular weight is 580 g/mol. The summed E-state index contributed by atoms with van der Waals surface area (Å²) in [6, 6.07) is 10.8. The highest BCUT2D eigenvalue weighted by Gasteiger charge is 2.27. The Morgan fingerprint density at radius 3 is 2.21 bits per heavy atom. The minimum atomic E-state index is -2.43. The number of piperazine rings is 1. The number of amides is 1. The van der Waals surface area contributed by atoms with Gasteiger partial charge >= 0.3 is 0 Å². The standard InChI is InChI=1S/C16H22F2N4OS.C9H10F3N.CH3F/c1-12(23)21-8-9-22(11-15(17)18)14(10-21)16(19-2)20-24-13-6-4-3-5-7-13;1-5(13)2-6-3-8(11)9(12)4-7(6)10;1-2/h3-7,15,19-20H,8-11H2,1-2H3;3-5H,2,13H2,1H3;1H3/b16-14+;;. The van der Waals surface area contributed by atoms with Crippen LogP contribution in [0.15, 0.2) is 58.9 Å². The second-order valence-electron chi connectivity index (χ2n) is 8.41. The molecule has 1 atom stereocenters. The zero-order chi connectivity index (χ0) is 29.5. The summed E-state index contributed by atoms with van der Waals surface area (Å²) in [6.07, 6.45) is -2.23. The second kappa shape index (κ2) is 17.5. The molecule has 2 aromatic rings. The van der Waals surface area contributed by atoms with Gasteiger partial charge in [-0.05, 0) is 49.1 Å². The van der Waals surface area contributed by atoms with Gasteiger partial charge in [-0.3, -0.25) is 9.18 Å². The van der Waals surface area contributed by atoms with Gasteiger partial charge in [0.2, 0.25) is 5.91 Å². The van der Waals surface area contributed by atoms with E-state index >= 15 is 0 Å². The van der Waals surface area contributed by atoms with Crippen LogP contribution < -0.4 is 15.8 Å². The average Bonchev–Trinajstić information content (AvgIpc) is 2.90. The predicted octanol–water partition coefficient (Wildman–Crippen LogP) is 4.68. The van der Waals surface area contributed by atoms with E-state index in [1.165, 1.54) is 18.9 Å². The number of benzene rings is 2. The molecule has 0 radical (unpaired) electrons. The molecule has 1 unspecified atom stereocenters. The Morgan fingerprint density at radius 1 is 1.05 bits per heavy atom. The molecule has 1 saturated heterocycles. The lowest BCUT2D eigenvalue weighted by Crippen LogP contribution is -2.49. The molecule has 39 heavy (non-hydrogen) atoms. The number of hydrogen-bond acceptors (Lipinski definition) is 6. The molecule has 1 aliphatic heterocycles. The summed E-state index contributed by atoms with van der Waals surface area (Å²) in [7, 11) is 2.23. The van der Waals surface area contributed by atoms with Gasteiger partial charge < -0.3 is 25.6 Å². The zero-order valence-corrected chi connectivity index (χ0v) is 23.1. The van der Waals surface area contributed by atoms with Crippen LogP contribution >= 0.6 is 11.9 Å². The maximum Gasteiger partial charge on any atom is 0.255 e. The first-order chi connectivity index (χ1) is 18.5. The Hall–Kier alpha value is -3.06. The van der Waals surface area contributed by atoms with E-state index in [0.717, 1.165) is 11.0 Å². The lowest BCUT2D eigenvalue weighted by Gasteiger charge is -2.38. The van der Waals surface area contributed by atoms with Gasteiger partial charge in [-0.2, -0.15) is 0 Å². The van der Waals surface area contributed by atoms with E-state index in [1.807, 2.05) is 30.3 Å². The maximum absolute atomic E-state index is 12.9. The number of nitrogens with two attached hydrogens (primary N) is 1. The van der Waals surface area contributed by atoms with Crippen LogP contribution in [0.25, 0.3) is 0 Å². The Morgan fingerprint density at radius 2 is 1.67 bits per heavy atom. The molecule has 0 aromatic heterocycles. The summed E-state index contributed by atoms with van der Waals surface area (Å²) in [6.45, 7) is 3.97. The minimum absolute atomic E-state index is 0.0598. The SMILES string of the molecule is CC(N)Cc1cc(F)c(F)cc1F.CF.CN/C(NSc1ccccc1)=C1/CN(C(C)=O)CCN1CC(F)F. The highest BCUT2D eigenvalue weighted by atomic mass is 32.2. The van der Waals surface area contributed by atoms with Gasteiger partial charge in [-0.15, -0.1) is 0 Å². The van der Waals surface area contributed by atoms with E-state index in [1.54, 1.807) is 23.8 Å². The summed E-state index contributed by atoms with van der Waals surface area (Å²) >= 11 is 1.39. The largest absolute Gasteiger partial charge is 0.373 e. The Balaban J connectivity index is 0.000000428. The first-order valence-corrected chi connectivity index (χ1v) is 12.8. The molecule has 1 heterocycles. The predicted molar refractivity (Wildman–Crippen MR) is 142 cm³/mol. The summed E-state index contributed by atoms with van der Waals surface area (Å²) in [4.78, 5) is 15.9. The van der Waals surface area contributed by atoms with Gasteiger partial charge in [0.05, 0.1) is 26.0 Å². The Labute approximate surface area is 229 Å². The summed E-state index contributed by atoms with van der Waals surface area (Å²) in [5.41, 5.74) is 6.17. The molecule has 1 amide bonds. The molecule has 4 N–H and O–H groups in total. The fourth-order valence-electron chi connectivity index (χ4n) is 3.53. The first kappa shape index (κ1) is 34.0. The summed E-state index contributed by atoms with van der Waals surface area (Å²) in [5, 5.41) is 3.03. The smallest absolute Gasteiger partial charge is 0.255 e. The van der Waals surface area contributed by atoms with Crippen molar-refractivity contribution in [1.82, 2.24) is 19.8 Å². The topological polar surface area (TPSA) is 73.6 Å². The molecule has 0 spiro atoms. The molecular formula is C26H35F6N5OS. The third-order valence-corrected chi connectivity index (χ3v) is 6.16. The minimum Gasteiger partial charge on any atom is -0.373 e. The van der Waals surface area contributed by atoms with E-state index < -0.39 is 23.9 Å². The monoisotopic (exact) mass is 579 g/mol. The molecule has 1 fully saturated rings. The summed E-state index contributed by atoms with van der Waals surface area (Å²) in [5.74, 6) is -2.40. The van der Waals surface area contributed by atoms with Crippen molar-refractivity contribution in [2.24, 2.45) is 5.73 Å². The Bertz CT molecular complexity index is 1060. The fourth-order valence-corrected chi connectivity index (χ4v) is 4.26. The molecule has 1 aliphatic rings. The lowest BCUT2D eigenvalue weighted by molar-refractivity contribution is -0.129. The molecule has 0 saturated carbocycles. The van der Waals surface area contributed by atoms with Crippen molar-refractivity contribution in [3.63, 3.8) is 0 Å². The van der Waals surface area contributed by atoms with E-state index in [2.05, 4.69) is 10.0 Å². The zero-order valence-electron chi connectivity index (χ0n) is 22.3. The van der Waals surface area contributed by atoms with Crippen molar-refractivity contribution in [2.45, 2.75) is 37.6 Å². The van der Waals surface area contributed by atoms with Crippen LogP contribution in [0.3, 0.4) is 0 Å². The first-order valence-electron chi connectivity index (χ1n) is 12.0. The van der Waals surface area contributed by atoms with Gasteiger partial charge in [0.15, 0.2) is 11.6 Å².